The van der Waals surface area contributed by atoms with Crippen LogP contribution in [0.4, 0.5) is 0 Å². The van der Waals surface area contributed by atoms with Crippen molar-refractivity contribution in [2.45, 2.75) is 77.7 Å². The molecule has 0 spiro atoms. The van der Waals surface area contributed by atoms with Gasteiger partial charge in [-0.3, -0.25) is 14.4 Å². The first kappa shape index (κ1) is 30.1. The van der Waals surface area contributed by atoms with Gasteiger partial charge < -0.3 is 9.47 Å². The number of rotatable bonds is 11. The lowest BCUT2D eigenvalue weighted by Gasteiger charge is -2.24. The fraction of sp³-hybridized carbons (Fsp3) is 0.545. The van der Waals surface area contributed by atoms with Gasteiger partial charge in [0.05, 0.1) is 31.1 Å². The minimum Gasteiger partial charge on any atom is -0.493 e. The second-order valence-electron chi connectivity index (χ2n) is 13.4. The lowest BCUT2D eigenvalue weighted by molar-refractivity contribution is -0.150. The predicted octanol–water partition coefficient (Wildman–Crippen LogP) is 6.08. The number of nitrogens with zero attached hydrogens (tertiary/aromatic N) is 3. The molecule has 8 nitrogen and oxygen atoms in total. The van der Waals surface area contributed by atoms with Crippen LogP contribution in [0.15, 0.2) is 47.3 Å². The van der Waals surface area contributed by atoms with E-state index in [1.54, 1.807) is 18.2 Å². The fourth-order valence-electron chi connectivity index (χ4n) is 6.34. The van der Waals surface area contributed by atoms with Crippen LogP contribution in [-0.2, 0) is 16.1 Å². The molecule has 2 saturated carbocycles. The average Bonchev–Trinajstić information content (AvgIpc) is 3.63. The van der Waals surface area contributed by atoms with Crippen molar-refractivity contribution >= 4 is 30.7 Å². The molecule has 0 N–H and O–H groups in total. The molecule has 0 bridgehead atoms. The number of carbonyl (C=O) groups is 2. The van der Waals surface area contributed by atoms with E-state index in [0.717, 1.165) is 17.4 Å². The summed E-state index contributed by atoms with van der Waals surface area (Å²) in [4.78, 5) is 40.7. The molecular weight excluding hydrogens is 546 g/mol. The maximum absolute atomic E-state index is 13.8. The molecule has 1 aromatic heterocycles. The highest BCUT2D eigenvalue weighted by atomic mass is 28.3. The Morgan fingerprint density at radius 1 is 1.00 bits per heavy atom. The van der Waals surface area contributed by atoms with Crippen LogP contribution in [0.2, 0.25) is 25.7 Å². The smallest absolute Gasteiger partial charge is 0.310 e. The summed E-state index contributed by atoms with van der Waals surface area (Å²) in [5, 5.41) is 8.92. The minimum atomic E-state index is -1.41. The van der Waals surface area contributed by atoms with Gasteiger partial charge in [0, 0.05) is 19.6 Å². The molecule has 0 radical (unpaired) electrons. The standard InChI is InChI=1S/C33H43N3O5Si/c1-22-9-16-29-28(19-22)32(38)36(35-34-29)20-25-12-15-27(30(25)33(39)40-17-18-42(2,3)4)31(37)24-10-13-26(14-11-24)41-21-23-7-5-6-8-23/h9-11,13-14,16,19,23,25,27,30H,5-8,12,15,17-18,20-21H2,1-4H3. The largest absolute Gasteiger partial charge is 0.493 e. The summed E-state index contributed by atoms with van der Waals surface area (Å²) in [6, 6.07) is 13.7. The molecule has 0 aliphatic heterocycles. The first-order chi connectivity index (χ1) is 20.1. The molecule has 3 unspecified atom stereocenters. The third-order valence-electron chi connectivity index (χ3n) is 8.88. The van der Waals surface area contributed by atoms with Gasteiger partial charge in [0.2, 0.25) is 0 Å². The van der Waals surface area contributed by atoms with E-state index in [2.05, 4.69) is 30.0 Å². The highest BCUT2D eigenvalue weighted by Crippen LogP contribution is 2.41. The quantitative estimate of drug-likeness (QED) is 0.152. The van der Waals surface area contributed by atoms with Crippen LogP contribution in [0.3, 0.4) is 0 Å². The molecule has 2 aromatic carbocycles. The first-order valence-corrected chi connectivity index (χ1v) is 19.1. The summed E-state index contributed by atoms with van der Waals surface area (Å²) < 4.78 is 13.1. The molecule has 1 heterocycles. The maximum atomic E-state index is 13.8. The van der Waals surface area contributed by atoms with Gasteiger partial charge in [-0.05, 0) is 86.9 Å². The molecule has 0 amide bonds. The number of ether oxygens (including phenoxy) is 2. The second-order valence-corrected chi connectivity index (χ2v) is 19.0. The summed E-state index contributed by atoms with van der Waals surface area (Å²) >= 11 is 0. The molecule has 2 aliphatic carbocycles. The second kappa shape index (κ2) is 12.9. The Morgan fingerprint density at radius 3 is 2.45 bits per heavy atom. The number of hydrogen-bond acceptors (Lipinski definition) is 7. The number of Topliss-reactive ketones (excluding diaryl/α,β-unsaturated/α-hetero) is 1. The molecule has 3 atom stereocenters. The van der Waals surface area contributed by atoms with Crippen LogP contribution in [0, 0.1) is 30.6 Å². The van der Waals surface area contributed by atoms with Gasteiger partial charge in [0.25, 0.3) is 5.56 Å². The summed E-state index contributed by atoms with van der Waals surface area (Å²) in [5.74, 6) is -0.498. The van der Waals surface area contributed by atoms with E-state index >= 15 is 0 Å². The van der Waals surface area contributed by atoms with Gasteiger partial charge in [0.1, 0.15) is 11.3 Å². The highest BCUT2D eigenvalue weighted by Gasteiger charge is 2.46. The van der Waals surface area contributed by atoms with E-state index in [1.165, 1.54) is 30.4 Å². The number of aromatic nitrogens is 3. The van der Waals surface area contributed by atoms with Crippen LogP contribution < -0.4 is 10.3 Å². The molecule has 9 heteroatoms. The van der Waals surface area contributed by atoms with Gasteiger partial charge in [-0.1, -0.05) is 49.3 Å². The predicted molar refractivity (Wildman–Crippen MR) is 166 cm³/mol. The highest BCUT2D eigenvalue weighted by molar-refractivity contribution is 6.76. The van der Waals surface area contributed by atoms with Crippen molar-refractivity contribution in [2.24, 2.45) is 23.7 Å². The first-order valence-electron chi connectivity index (χ1n) is 15.4. The van der Waals surface area contributed by atoms with Gasteiger partial charge in [-0.15, -0.1) is 5.10 Å². The SMILES string of the molecule is Cc1ccc2nnn(CC3CCC(C(=O)c4ccc(OCC5CCCC5)cc4)C3C(=O)OCC[Si](C)(C)C)c(=O)c2c1. The van der Waals surface area contributed by atoms with Gasteiger partial charge in [0.15, 0.2) is 5.78 Å². The van der Waals surface area contributed by atoms with Crippen molar-refractivity contribution in [1.29, 1.82) is 0 Å². The zero-order valence-corrected chi connectivity index (χ0v) is 26.3. The molecule has 3 aromatic rings. The van der Waals surface area contributed by atoms with Crippen LogP contribution in [0.25, 0.3) is 10.9 Å². The van der Waals surface area contributed by atoms with Crippen molar-refractivity contribution in [3.8, 4) is 5.75 Å². The van der Waals surface area contributed by atoms with Gasteiger partial charge in [-0.2, -0.15) is 0 Å². The van der Waals surface area contributed by atoms with Crippen LogP contribution in [-0.4, -0.2) is 48.0 Å². The summed E-state index contributed by atoms with van der Waals surface area (Å²) in [7, 11) is -1.41. The number of benzene rings is 2. The van der Waals surface area contributed by atoms with Crippen molar-refractivity contribution in [3.63, 3.8) is 0 Å². The Bertz CT molecular complexity index is 1470. The third-order valence-corrected chi connectivity index (χ3v) is 10.6. The number of aryl methyl sites for hydroxylation is 1. The zero-order chi connectivity index (χ0) is 29.9. The number of esters is 1. The van der Waals surface area contributed by atoms with Crippen molar-refractivity contribution in [1.82, 2.24) is 15.0 Å². The van der Waals surface area contributed by atoms with E-state index in [9.17, 15) is 14.4 Å². The minimum absolute atomic E-state index is 0.0699. The molecular formula is C33H43N3O5Si. The molecule has 5 rings (SSSR count). The van der Waals surface area contributed by atoms with Crippen LogP contribution >= 0.6 is 0 Å². The Morgan fingerprint density at radius 2 is 1.74 bits per heavy atom. The van der Waals surface area contributed by atoms with E-state index in [4.69, 9.17) is 9.47 Å². The van der Waals surface area contributed by atoms with E-state index in [1.807, 2.05) is 31.2 Å². The lowest BCUT2D eigenvalue weighted by Crippen LogP contribution is -2.36. The molecule has 2 aliphatic rings. The van der Waals surface area contributed by atoms with E-state index < -0.39 is 19.9 Å². The number of fused-ring (bicyclic) bond motifs is 1. The monoisotopic (exact) mass is 589 g/mol. The normalized spacial score (nSPS) is 21.1. The number of hydrogen-bond donors (Lipinski definition) is 0. The van der Waals surface area contributed by atoms with E-state index in [-0.39, 0.29) is 29.8 Å². The Kier molecular flexibility index (Phi) is 9.25. The van der Waals surface area contributed by atoms with Crippen LogP contribution in [0.5, 0.6) is 5.75 Å². The summed E-state index contributed by atoms with van der Waals surface area (Å²) in [6.45, 7) is 9.90. The lowest BCUT2D eigenvalue weighted by atomic mass is 9.84. The maximum Gasteiger partial charge on any atom is 0.310 e. The Balaban J connectivity index is 1.34. The number of ketones is 1. The molecule has 42 heavy (non-hydrogen) atoms. The van der Waals surface area contributed by atoms with Crippen molar-refractivity contribution in [2.75, 3.05) is 13.2 Å². The molecule has 2 fully saturated rings. The molecule has 0 saturated heterocycles. The fourth-order valence-corrected chi connectivity index (χ4v) is 7.06. The number of carbonyl (C=O) groups excluding carboxylic acids is 2. The Labute approximate surface area is 248 Å². The van der Waals surface area contributed by atoms with Gasteiger partial charge >= 0.3 is 5.97 Å². The van der Waals surface area contributed by atoms with Crippen LogP contribution in [0.1, 0.15) is 54.4 Å². The van der Waals surface area contributed by atoms with E-state index in [0.29, 0.717) is 48.4 Å². The summed E-state index contributed by atoms with van der Waals surface area (Å²) in [5.41, 5.74) is 1.83. The third kappa shape index (κ3) is 7.17. The zero-order valence-electron chi connectivity index (χ0n) is 25.3. The Hall–Kier alpha value is -3.33. The topological polar surface area (TPSA) is 100 Å². The average molecular weight is 590 g/mol. The molecule has 224 valence electrons. The van der Waals surface area contributed by atoms with Crippen molar-refractivity contribution in [3.05, 3.63) is 63.9 Å². The van der Waals surface area contributed by atoms with Gasteiger partial charge in [-0.25, -0.2) is 4.68 Å². The van der Waals surface area contributed by atoms with Crippen molar-refractivity contribution < 1.29 is 19.1 Å². The summed E-state index contributed by atoms with van der Waals surface area (Å²) in [6.07, 6.45) is 6.14.